The predicted molar refractivity (Wildman–Crippen MR) is 69.8 cm³/mol. The van der Waals surface area contributed by atoms with Gasteiger partial charge in [0.15, 0.2) is 0 Å². The van der Waals surface area contributed by atoms with Gasteiger partial charge in [0.05, 0.1) is 15.8 Å². The fourth-order valence-corrected chi connectivity index (χ4v) is 2.02. The molecule has 1 heterocycles. The van der Waals surface area contributed by atoms with Crippen LogP contribution in [0.15, 0.2) is 12.4 Å². The molecule has 4 heteroatoms. The maximum Gasteiger partial charge on any atom is 0.0623 e. The second-order valence-corrected chi connectivity index (χ2v) is 5.78. The first-order valence-electron chi connectivity index (χ1n) is 5.60. The fourth-order valence-electron chi connectivity index (χ4n) is 1.61. The molecule has 15 heavy (non-hydrogen) atoms. The minimum absolute atomic E-state index is 0.472. The highest BCUT2D eigenvalue weighted by Crippen LogP contribution is 2.21. The average Bonchev–Trinajstić information content (AvgIpc) is 2.95. The summed E-state index contributed by atoms with van der Waals surface area (Å²) < 4.78 is 3.28. The Kier molecular flexibility index (Phi) is 3.66. The van der Waals surface area contributed by atoms with Crippen LogP contribution in [-0.4, -0.2) is 22.4 Å². The van der Waals surface area contributed by atoms with Gasteiger partial charge in [0, 0.05) is 12.2 Å². The second-order valence-electron chi connectivity index (χ2n) is 4.54. The van der Waals surface area contributed by atoms with Crippen LogP contribution in [0.2, 0.25) is 0 Å². The van der Waals surface area contributed by atoms with Crippen LogP contribution in [0.1, 0.15) is 32.7 Å². The van der Waals surface area contributed by atoms with E-state index in [0.717, 1.165) is 12.6 Å². The minimum Gasteiger partial charge on any atom is -0.314 e. The van der Waals surface area contributed by atoms with Gasteiger partial charge in [-0.05, 0) is 54.8 Å². The molecule has 1 saturated carbocycles. The smallest absolute Gasteiger partial charge is 0.0623 e. The Hall–Kier alpha value is -0.100. The standard InChI is InChI=1S/C11H18IN3/c1-8(5-13-11-3-4-11)9(2)15-7-10(12)6-14-15/h6-9,11,13H,3-5H2,1-2H3. The predicted octanol–water partition coefficient (Wildman–Crippen LogP) is 2.44. The number of halogens is 1. The molecule has 2 atom stereocenters. The number of nitrogens with zero attached hydrogens (tertiary/aromatic N) is 2. The molecule has 0 spiro atoms. The van der Waals surface area contributed by atoms with Crippen molar-refractivity contribution in [2.75, 3.05) is 6.54 Å². The van der Waals surface area contributed by atoms with E-state index in [2.05, 4.69) is 57.7 Å². The Labute approximate surface area is 105 Å². The largest absolute Gasteiger partial charge is 0.314 e. The van der Waals surface area contributed by atoms with Gasteiger partial charge < -0.3 is 5.32 Å². The van der Waals surface area contributed by atoms with Crippen molar-refractivity contribution < 1.29 is 0 Å². The Bertz CT molecular complexity index is 319. The molecule has 2 unspecified atom stereocenters. The molecule has 3 nitrogen and oxygen atoms in total. The summed E-state index contributed by atoms with van der Waals surface area (Å²) in [5.41, 5.74) is 0. The van der Waals surface area contributed by atoms with Crippen molar-refractivity contribution >= 4 is 22.6 Å². The summed E-state index contributed by atoms with van der Waals surface area (Å²) in [6.45, 7) is 5.62. The zero-order valence-corrected chi connectivity index (χ0v) is 11.4. The summed E-state index contributed by atoms with van der Waals surface area (Å²) >= 11 is 2.30. The normalized spacial score (nSPS) is 20.2. The molecular formula is C11H18IN3. The van der Waals surface area contributed by atoms with Gasteiger partial charge in [-0.1, -0.05) is 6.92 Å². The van der Waals surface area contributed by atoms with E-state index < -0.39 is 0 Å². The van der Waals surface area contributed by atoms with Crippen LogP contribution in [0.3, 0.4) is 0 Å². The third-order valence-corrected chi connectivity index (χ3v) is 3.67. The van der Waals surface area contributed by atoms with Crippen LogP contribution in [0.25, 0.3) is 0 Å². The van der Waals surface area contributed by atoms with Crippen LogP contribution < -0.4 is 5.32 Å². The highest BCUT2D eigenvalue weighted by Gasteiger charge is 2.22. The Balaban J connectivity index is 1.85. The van der Waals surface area contributed by atoms with Crippen molar-refractivity contribution in [1.82, 2.24) is 15.1 Å². The SMILES string of the molecule is CC(CNC1CC1)C(C)n1cc(I)cn1. The summed E-state index contributed by atoms with van der Waals surface area (Å²) in [4.78, 5) is 0. The van der Waals surface area contributed by atoms with Gasteiger partial charge in [0.2, 0.25) is 0 Å². The molecule has 0 aliphatic heterocycles. The maximum atomic E-state index is 4.36. The summed E-state index contributed by atoms with van der Waals surface area (Å²) in [5, 5.41) is 7.93. The van der Waals surface area contributed by atoms with Crippen LogP contribution in [0.4, 0.5) is 0 Å². The third-order valence-electron chi connectivity index (χ3n) is 3.12. The van der Waals surface area contributed by atoms with Gasteiger partial charge >= 0.3 is 0 Å². The molecule has 1 aromatic heterocycles. The quantitative estimate of drug-likeness (QED) is 0.845. The van der Waals surface area contributed by atoms with Crippen LogP contribution in [0.5, 0.6) is 0 Å². The lowest BCUT2D eigenvalue weighted by Crippen LogP contribution is -2.28. The van der Waals surface area contributed by atoms with E-state index in [9.17, 15) is 0 Å². The van der Waals surface area contributed by atoms with Gasteiger partial charge in [0.25, 0.3) is 0 Å². The molecule has 0 bridgehead atoms. The first-order valence-corrected chi connectivity index (χ1v) is 6.67. The van der Waals surface area contributed by atoms with E-state index in [1.54, 1.807) is 0 Å². The van der Waals surface area contributed by atoms with E-state index in [-0.39, 0.29) is 0 Å². The zero-order chi connectivity index (χ0) is 10.8. The van der Waals surface area contributed by atoms with Crippen molar-refractivity contribution in [2.24, 2.45) is 5.92 Å². The summed E-state index contributed by atoms with van der Waals surface area (Å²) in [7, 11) is 0. The van der Waals surface area contributed by atoms with E-state index in [4.69, 9.17) is 0 Å². The highest BCUT2D eigenvalue weighted by atomic mass is 127. The molecule has 0 saturated heterocycles. The minimum atomic E-state index is 0.472. The number of hydrogen-bond donors (Lipinski definition) is 1. The zero-order valence-electron chi connectivity index (χ0n) is 9.28. The summed E-state index contributed by atoms with van der Waals surface area (Å²) in [6, 6.07) is 1.28. The van der Waals surface area contributed by atoms with Crippen LogP contribution in [0, 0.1) is 9.49 Å². The van der Waals surface area contributed by atoms with Crippen molar-refractivity contribution in [3.8, 4) is 0 Å². The van der Waals surface area contributed by atoms with Crippen molar-refractivity contribution in [3.63, 3.8) is 0 Å². The Morgan fingerprint density at radius 3 is 2.87 bits per heavy atom. The molecule has 0 amide bonds. The van der Waals surface area contributed by atoms with Gasteiger partial charge in [0.1, 0.15) is 0 Å². The molecule has 84 valence electrons. The van der Waals surface area contributed by atoms with E-state index in [1.165, 1.54) is 16.4 Å². The monoisotopic (exact) mass is 319 g/mol. The number of rotatable bonds is 5. The molecule has 0 radical (unpaired) electrons. The molecule has 0 aromatic carbocycles. The molecule has 1 aromatic rings. The first-order chi connectivity index (χ1) is 7.16. The third kappa shape index (κ3) is 3.17. The maximum absolute atomic E-state index is 4.36. The first kappa shape index (κ1) is 11.4. The second kappa shape index (κ2) is 4.82. The number of hydrogen-bond acceptors (Lipinski definition) is 2. The van der Waals surface area contributed by atoms with Crippen LogP contribution >= 0.6 is 22.6 Å². The molecule has 1 N–H and O–H groups in total. The van der Waals surface area contributed by atoms with Gasteiger partial charge in [-0.25, -0.2) is 0 Å². The van der Waals surface area contributed by atoms with E-state index >= 15 is 0 Å². The summed E-state index contributed by atoms with van der Waals surface area (Å²) in [5.74, 6) is 0.626. The van der Waals surface area contributed by atoms with Crippen LogP contribution in [-0.2, 0) is 0 Å². The van der Waals surface area contributed by atoms with E-state index in [0.29, 0.717) is 12.0 Å². The Morgan fingerprint density at radius 1 is 1.60 bits per heavy atom. The topological polar surface area (TPSA) is 29.9 Å². The highest BCUT2D eigenvalue weighted by molar-refractivity contribution is 14.1. The van der Waals surface area contributed by atoms with Gasteiger partial charge in [-0.15, -0.1) is 0 Å². The fraction of sp³-hybridized carbons (Fsp3) is 0.727. The number of nitrogens with one attached hydrogen (secondary N) is 1. The lowest BCUT2D eigenvalue weighted by Gasteiger charge is -2.20. The molecule has 1 aliphatic carbocycles. The lowest BCUT2D eigenvalue weighted by atomic mass is 10.0. The lowest BCUT2D eigenvalue weighted by molar-refractivity contribution is 0.336. The summed E-state index contributed by atoms with van der Waals surface area (Å²) in [6.07, 6.45) is 6.75. The van der Waals surface area contributed by atoms with Crippen molar-refractivity contribution in [1.29, 1.82) is 0 Å². The molecule has 1 aliphatic rings. The Morgan fingerprint density at radius 2 is 2.33 bits per heavy atom. The van der Waals surface area contributed by atoms with Crippen molar-refractivity contribution in [3.05, 3.63) is 16.0 Å². The molecule has 2 rings (SSSR count). The average molecular weight is 319 g/mol. The molecular weight excluding hydrogens is 301 g/mol. The van der Waals surface area contributed by atoms with E-state index in [1.807, 2.05) is 6.20 Å². The number of aromatic nitrogens is 2. The van der Waals surface area contributed by atoms with Gasteiger partial charge in [-0.3, -0.25) is 4.68 Å². The van der Waals surface area contributed by atoms with Crippen molar-refractivity contribution in [2.45, 2.75) is 38.8 Å². The molecule has 1 fully saturated rings. The van der Waals surface area contributed by atoms with Gasteiger partial charge in [-0.2, -0.15) is 5.10 Å².